The second-order valence-corrected chi connectivity index (χ2v) is 8.80. The van der Waals surface area contributed by atoms with Crippen molar-refractivity contribution in [1.29, 1.82) is 0 Å². The predicted molar refractivity (Wildman–Crippen MR) is 134 cm³/mol. The summed E-state index contributed by atoms with van der Waals surface area (Å²) in [7, 11) is 3.24. The van der Waals surface area contributed by atoms with Gasteiger partial charge in [0.2, 0.25) is 5.95 Å². The van der Waals surface area contributed by atoms with Crippen molar-refractivity contribution in [2.24, 2.45) is 0 Å². The molecule has 35 heavy (non-hydrogen) atoms. The van der Waals surface area contributed by atoms with E-state index in [1.165, 1.54) is 0 Å². The standard InChI is InChI=1S/C26H29N5O4/c1-34-22-11-3-18(4-12-22)28-25-27-15-17-16-30(19-7-13-23(35-2)14-8-19)26(33)31(24(17)29-25)20-5-9-21(32)10-6-20/h3-4,7-8,11-15,20-21,32H,5-6,9-10,16H2,1-2H3,(H,27,28,29). The predicted octanol–water partition coefficient (Wildman–Crippen LogP) is 4.49. The second kappa shape index (κ2) is 9.79. The average Bonchev–Trinajstić information content (AvgIpc) is 2.90. The summed E-state index contributed by atoms with van der Waals surface area (Å²) in [6.07, 6.45) is 4.22. The Morgan fingerprint density at radius 1 is 0.943 bits per heavy atom. The van der Waals surface area contributed by atoms with Crippen LogP contribution in [0.2, 0.25) is 0 Å². The van der Waals surface area contributed by atoms with Gasteiger partial charge in [-0.2, -0.15) is 4.98 Å². The van der Waals surface area contributed by atoms with Crippen molar-refractivity contribution in [1.82, 2.24) is 9.97 Å². The number of ether oxygens (including phenoxy) is 2. The Balaban J connectivity index is 1.48. The van der Waals surface area contributed by atoms with Crippen LogP contribution >= 0.6 is 0 Å². The van der Waals surface area contributed by atoms with Gasteiger partial charge in [-0.1, -0.05) is 0 Å². The van der Waals surface area contributed by atoms with Crippen molar-refractivity contribution in [2.45, 2.75) is 44.4 Å². The number of nitrogens with zero attached hydrogens (tertiary/aromatic N) is 4. The Hall–Kier alpha value is -3.85. The topological polar surface area (TPSA) is 100 Å². The first-order valence-corrected chi connectivity index (χ1v) is 11.8. The largest absolute Gasteiger partial charge is 0.497 e. The maximum atomic E-state index is 13.8. The van der Waals surface area contributed by atoms with Gasteiger partial charge in [-0.05, 0) is 74.2 Å². The molecule has 9 nitrogen and oxygen atoms in total. The first-order valence-electron chi connectivity index (χ1n) is 11.8. The summed E-state index contributed by atoms with van der Waals surface area (Å²) in [6.45, 7) is 0.370. The molecule has 3 aromatic rings. The van der Waals surface area contributed by atoms with E-state index in [1.807, 2.05) is 48.5 Å². The molecule has 0 bridgehead atoms. The fraction of sp³-hybridized carbons (Fsp3) is 0.346. The van der Waals surface area contributed by atoms with E-state index in [2.05, 4.69) is 10.3 Å². The van der Waals surface area contributed by atoms with Gasteiger partial charge in [0.1, 0.15) is 17.3 Å². The quantitative estimate of drug-likeness (QED) is 0.542. The Kier molecular flexibility index (Phi) is 6.41. The van der Waals surface area contributed by atoms with E-state index in [9.17, 15) is 9.90 Å². The molecular weight excluding hydrogens is 446 g/mol. The van der Waals surface area contributed by atoms with Crippen LogP contribution in [-0.2, 0) is 6.54 Å². The van der Waals surface area contributed by atoms with E-state index in [0.29, 0.717) is 44.0 Å². The molecule has 2 aliphatic rings. The molecule has 0 radical (unpaired) electrons. The van der Waals surface area contributed by atoms with Gasteiger partial charge in [0.05, 0.1) is 26.9 Å². The van der Waals surface area contributed by atoms with Gasteiger partial charge in [0, 0.05) is 29.2 Å². The smallest absolute Gasteiger partial charge is 0.330 e. The molecular formula is C26H29N5O4. The molecule has 0 spiro atoms. The number of rotatable bonds is 6. The van der Waals surface area contributed by atoms with Crippen LogP contribution in [0.4, 0.5) is 27.9 Å². The number of hydrogen-bond acceptors (Lipinski definition) is 7. The molecule has 2 heterocycles. The van der Waals surface area contributed by atoms with Gasteiger partial charge in [0.15, 0.2) is 0 Å². The summed E-state index contributed by atoms with van der Waals surface area (Å²) < 4.78 is 10.5. The van der Waals surface area contributed by atoms with Crippen LogP contribution in [0.5, 0.6) is 11.5 Å². The minimum Gasteiger partial charge on any atom is -0.497 e. The number of methoxy groups -OCH3 is 2. The number of urea groups is 1. The van der Waals surface area contributed by atoms with E-state index in [-0.39, 0.29) is 18.2 Å². The van der Waals surface area contributed by atoms with Crippen molar-refractivity contribution < 1.29 is 19.4 Å². The van der Waals surface area contributed by atoms with E-state index in [0.717, 1.165) is 28.4 Å². The van der Waals surface area contributed by atoms with Crippen molar-refractivity contribution in [2.75, 3.05) is 29.3 Å². The number of aliphatic hydroxyl groups excluding tert-OH is 1. The van der Waals surface area contributed by atoms with E-state index >= 15 is 0 Å². The normalized spacial score (nSPS) is 19.8. The van der Waals surface area contributed by atoms with Gasteiger partial charge in [-0.25, -0.2) is 9.78 Å². The summed E-state index contributed by atoms with van der Waals surface area (Å²) in [5.41, 5.74) is 2.47. The molecule has 1 fully saturated rings. The van der Waals surface area contributed by atoms with Crippen LogP contribution in [0, 0.1) is 0 Å². The summed E-state index contributed by atoms with van der Waals surface area (Å²) in [5.74, 6) is 2.53. The number of nitrogens with one attached hydrogen (secondary N) is 1. The van der Waals surface area contributed by atoms with Gasteiger partial charge >= 0.3 is 6.03 Å². The third kappa shape index (κ3) is 4.72. The molecule has 1 aromatic heterocycles. The minimum absolute atomic E-state index is 0.0468. The number of amides is 2. The Bertz CT molecular complexity index is 1180. The van der Waals surface area contributed by atoms with Crippen LogP contribution < -0.4 is 24.6 Å². The van der Waals surface area contributed by atoms with E-state index in [4.69, 9.17) is 14.5 Å². The monoisotopic (exact) mass is 475 g/mol. The SMILES string of the molecule is COc1ccc(Nc2ncc3c(n2)N(C2CCC(O)CC2)C(=O)N(c2ccc(OC)cc2)C3)cc1. The lowest BCUT2D eigenvalue weighted by Gasteiger charge is -2.42. The molecule has 0 atom stereocenters. The fourth-order valence-electron chi connectivity index (χ4n) is 4.65. The minimum atomic E-state index is -0.319. The number of carbonyl (C=O) groups is 1. The van der Waals surface area contributed by atoms with Crippen LogP contribution in [0.3, 0.4) is 0 Å². The highest BCUT2D eigenvalue weighted by Gasteiger charge is 2.38. The molecule has 5 rings (SSSR count). The van der Waals surface area contributed by atoms with Crippen molar-refractivity contribution in [3.63, 3.8) is 0 Å². The molecule has 1 aliphatic heterocycles. The van der Waals surface area contributed by atoms with E-state index in [1.54, 1.807) is 30.2 Å². The number of carbonyl (C=O) groups excluding carboxylic acids is 1. The summed E-state index contributed by atoms with van der Waals surface area (Å²) >= 11 is 0. The van der Waals surface area contributed by atoms with E-state index < -0.39 is 0 Å². The van der Waals surface area contributed by atoms with Gasteiger partial charge in [0.25, 0.3) is 0 Å². The number of aromatic nitrogens is 2. The van der Waals surface area contributed by atoms with Gasteiger partial charge < -0.3 is 19.9 Å². The number of aliphatic hydroxyl groups is 1. The molecule has 0 unspecified atom stereocenters. The molecule has 1 saturated carbocycles. The second-order valence-electron chi connectivity index (χ2n) is 8.80. The molecule has 2 N–H and O–H groups in total. The first kappa shape index (κ1) is 22.9. The lowest BCUT2D eigenvalue weighted by molar-refractivity contribution is 0.122. The van der Waals surface area contributed by atoms with Crippen LogP contribution in [0.1, 0.15) is 31.2 Å². The Morgan fingerprint density at radius 2 is 1.57 bits per heavy atom. The zero-order valence-electron chi connectivity index (χ0n) is 19.8. The van der Waals surface area contributed by atoms with Crippen molar-refractivity contribution in [3.05, 3.63) is 60.3 Å². The first-order chi connectivity index (χ1) is 17.1. The molecule has 2 amide bonds. The summed E-state index contributed by atoms with van der Waals surface area (Å²) in [6, 6.07) is 14.8. The van der Waals surface area contributed by atoms with Crippen LogP contribution in [-0.4, -0.2) is 47.5 Å². The highest BCUT2D eigenvalue weighted by molar-refractivity contribution is 6.06. The molecule has 2 aromatic carbocycles. The highest BCUT2D eigenvalue weighted by Crippen LogP contribution is 2.36. The zero-order valence-corrected chi connectivity index (χ0v) is 19.8. The van der Waals surface area contributed by atoms with Crippen LogP contribution in [0.15, 0.2) is 54.7 Å². The molecule has 182 valence electrons. The average molecular weight is 476 g/mol. The Morgan fingerprint density at radius 3 is 2.20 bits per heavy atom. The number of benzene rings is 2. The third-order valence-electron chi connectivity index (χ3n) is 6.60. The number of fused-ring (bicyclic) bond motifs is 1. The molecule has 1 aliphatic carbocycles. The maximum Gasteiger partial charge on any atom is 0.330 e. The zero-order chi connectivity index (χ0) is 24.4. The fourth-order valence-corrected chi connectivity index (χ4v) is 4.65. The van der Waals surface area contributed by atoms with Crippen molar-refractivity contribution >= 4 is 29.2 Å². The number of anilines is 4. The third-order valence-corrected chi connectivity index (χ3v) is 6.60. The van der Waals surface area contributed by atoms with Gasteiger partial charge in [-0.3, -0.25) is 9.80 Å². The lowest BCUT2D eigenvalue weighted by Crippen LogP contribution is -2.53. The summed E-state index contributed by atoms with van der Waals surface area (Å²) in [4.78, 5) is 26.7. The summed E-state index contributed by atoms with van der Waals surface area (Å²) in [5, 5.41) is 13.3. The number of hydrogen-bond donors (Lipinski definition) is 2. The van der Waals surface area contributed by atoms with Gasteiger partial charge in [-0.15, -0.1) is 0 Å². The highest BCUT2D eigenvalue weighted by atomic mass is 16.5. The van der Waals surface area contributed by atoms with Crippen molar-refractivity contribution in [3.8, 4) is 11.5 Å². The lowest BCUT2D eigenvalue weighted by atomic mass is 9.91. The molecule has 0 saturated heterocycles. The maximum absolute atomic E-state index is 13.8. The Labute approximate surface area is 204 Å². The van der Waals surface area contributed by atoms with Crippen LogP contribution in [0.25, 0.3) is 0 Å². The molecule has 9 heteroatoms.